The largest absolute Gasteiger partial charge is 0.508 e. The van der Waals surface area contributed by atoms with Gasteiger partial charge in [0.25, 0.3) is 15.9 Å². The van der Waals surface area contributed by atoms with Crippen LogP contribution in [-0.4, -0.2) is 35.4 Å². The number of benzene rings is 3. The number of rotatable bonds is 7. The van der Waals surface area contributed by atoms with Gasteiger partial charge in [-0.2, -0.15) is 0 Å². The lowest BCUT2D eigenvalue weighted by molar-refractivity contribution is 0.0940. The minimum absolute atomic E-state index is 0.00663. The zero-order valence-corrected chi connectivity index (χ0v) is 18.4. The van der Waals surface area contributed by atoms with Gasteiger partial charge in [-0.25, -0.2) is 13.2 Å². The third-order valence-electron chi connectivity index (χ3n) is 5.03. The number of fused-ring (bicyclic) bond motifs is 1. The first kappa shape index (κ1) is 22.2. The van der Waals surface area contributed by atoms with E-state index >= 15 is 0 Å². The van der Waals surface area contributed by atoms with E-state index in [1.54, 1.807) is 18.2 Å². The van der Waals surface area contributed by atoms with Gasteiger partial charge in [0.2, 0.25) is 0 Å². The predicted molar refractivity (Wildman–Crippen MR) is 125 cm³/mol. The van der Waals surface area contributed by atoms with Gasteiger partial charge in [0.15, 0.2) is 0 Å². The Balaban J connectivity index is 1.41. The number of aromatic hydroxyl groups is 1. The third-order valence-corrected chi connectivity index (χ3v) is 6.41. The minimum Gasteiger partial charge on any atom is -0.508 e. The highest BCUT2D eigenvalue weighted by Crippen LogP contribution is 2.20. The smallest absolute Gasteiger partial charge is 0.323 e. The van der Waals surface area contributed by atoms with E-state index in [1.807, 2.05) is 13.0 Å². The van der Waals surface area contributed by atoms with Crippen LogP contribution in [0.2, 0.25) is 0 Å². The lowest BCUT2D eigenvalue weighted by Crippen LogP contribution is -2.34. The summed E-state index contributed by atoms with van der Waals surface area (Å²) in [5, 5.41) is 12.4. The number of carbonyl (C=O) groups excluding carboxylic acids is 1. The van der Waals surface area contributed by atoms with E-state index < -0.39 is 15.7 Å². The third kappa shape index (κ3) is 5.24. The Morgan fingerprint density at radius 2 is 1.73 bits per heavy atom. The van der Waals surface area contributed by atoms with E-state index in [0.29, 0.717) is 28.7 Å². The number of aromatic nitrogens is 2. The van der Waals surface area contributed by atoms with E-state index in [2.05, 4.69) is 20.0 Å². The van der Waals surface area contributed by atoms with Crippen molar-refractivity contribution >= 4 is 32.7 Å². The van der Waals surface area contributed by atoms with Crippen LogP contribution >= 0.6 is 0 Å². The number of hydrogen-bond donors (Lipinski definition) is 5. The number of nitrogens with one attached hydrogen (secondary N) is 4. The van der Waals surface area contributed by atoms with Crippen molar-refractivity contribution in [2.24, 2.45) is 0 Å². The first-order chi connectivity index (χ1) is 15.7. The van der Waals surface area contributed by atoms with Crippen molar-refractivity contribution < 1.29 is 18.3 Å². The van der Waals surface area contributed by atoms with Crippen LogP contribution in [0.25, 0.3) is 11.0 Å². The van der Waals surface area contributed by atoms with E-state index in [4.69, 9.17) is 0 Å². The molecule has 0 spiro atoms. The molecule has 4 rings (SSSR count). The molecule has 0 radical (unpaired) electrons. The monoisotopic (exact) mass is 466 g/mol. The van der Waals surface area contributed by atoms with E-state index in [9.17, 15) is 23.1 Å². The lowest BCUT2D eigenvalue weighted by Gasteiger charge is -2.14. The summed E-state index contributed by atoms with van der Waals surface area (Å²) in [4.78, 5) is 29.0. The maximum Gasteiger partial charge on any atom is 0.323 e. The highest BCUT2D eigenvalue weighted by molar-refractivity contribution is 7.92. The summed E-state index contributed by atoms with van der Waals surface area (Å²) < 4.78 is 27.9. The van der Waals surface area contributed by atoms with E-state index in [1.165, 1.54) is 42.5 Å². The van der Waals surface area contributed by atoms with Crippen LogP contribution in [0.5, 0.6) is 5.75 Å². The summed E-state index contributed by atoms with van der Waals surface area (Å²) in [5.74, 6) is -0.121. The molecule has 4 aromatic rings. The Bertz CT molecular complexity index is 1470. The molecule has 5 N–H and O–H groups in total. The number of aromatic amines is 2. The zero-order chi connectivity index (χ0) is 23.6. The Labute approximate surface area is 189 Å². The minimum atomic E-state index is -3.89. The van der Waals surface area contributed by atoms with Crippen molar-refractivity contribution in [3.63, 3.8) is 0 Å². The Morgan fingerprint density at radius 1 is 1.00 bits per heavy atom. The molecule has 1 heterocycles. The summed E-state index contributed by atoms with van der Waals surface area (Å²) in [7, 11) is -3.89. The van der Waals surface area contributed by atoms with E-state index in [-0.39, 0.29) is 22.6 Å². The van der Waals surface area contributed by atoms with Crippen LogP contribution in [0.4, 0.5) is 5.69 Å². The Morgan fingerprint density at radius 3 is 2.45 bits per heavy atom. The molecule has 0 aliphatic heterocycles. The molecule has 0 bridgehead atoms. The quantitative estimate of drug-likeness (QED) is 0.284. The van der Waals surface area contributed by atoms with Crippen molar-refractivity contribution in [1.82, 2.24) is 15.3 Å². The second-order valence-electron chi connectivity index (χ2n) is 7.72. The van der Waals surface area contributed by atoms with Gasteiger partial charge in [-0.3, -0.25) is 9.52 Å². The van der Waals surface area contributed by atoms with Gasteiger partial charge in [0, 0.05) is 17.3 Å². The summed E-state index contributed by atoms with van der Waals surface area (Å²) in [6, 6.07) is 17.0. The predicted octanol–water partition coefficient (Wildman–Crippen LogP) is 2.72. The zero-order valence-electron chi connectivity index (χ0n) is 17.6. The molecule has 1 amide bonds. The molecule has 170 valence electrons. The van der Waals surface area contributed by atoms with Gasteiger partial charge in [0.05, 0.1) is 15.9 Å². The van der Waals surface area contributed by atoms with Gasteiger partial charge in [-0.15, -0.1) is 0 Å². The number of anilines is 1. The van der Waals surface area contributed by atoms with Gasteiger partial charge in [0.1, 0.15) is 5.75 Å². The molecular formula is C23H22N4O5S. The molecule has 1 unspecified atom stereocenters. The first-order valence-corrected chi connectivity index (χ1v) is 11.6. The number of amides is 1. The van der Waals surface area contributed by atoms with Crippen molar-refractivity contribution in [2.75, 3.05) is 4.72 Å². The van der Waals surface area contributed by atoms with Gasteiger partial charge in [-0.1, -0.05) is 12.1 Å². The molecular weight excluding hydrogens is 444 g/mol. The number of carbonyl (C=O) groups is 1. The summed E-state index contributed by atoms with van der Waals surface area (Å²) in [6.07, 6.45) is 0.550. The second-order valence-corrected chi connectivity index (χ2v) is 9.40. The summed E-state index contributed by atoms with van der Waals surface area (Å²) >= 11 is 0. The average Bonchev–Trinajstić information content (AvgIpc) is 3.13. The first-order valence-electron chi connectivity index (χ1n) is 10.1. The molecule has 0 saturated heterocycles. The molecule has 0 aliphatic carbocycles. The fourth-order valence-corrected chi connectivity index (χ4v) is 4.56. The Hall–Kier alpha value is -4.05. The van der Waals surface area contributed by atoms with Crippen LogP contribution in [0, 0.1) is 0 Å². The molecule has 1 aromatic heterocycles. The van der Waals surface area contributed by atoms with Gasteiger partial charge >= 0.3 is 5.69 Å². The van der Waals surface area contributed by atoms with Crippen LogP contribution in [-0.2, 0) is 16.4 Å². The Kier molecular flexibility index (Phi) is 5.93. The number of sulfonamides is 1. The average molecular weight is 467 g/mol. The molecule has 10 heteroatoms. The van der Waals surface area contributed by atoms with E-state index in [0.717, 1.165) is 5.56 Å². The SMILES string of the molecule is CC(Cc1cccc(O)c1)NC(=O)c1ccc(NS(=O)(=O)c2ccc3[nH]c(=O)[nH]c3c2)cc1. The highest BCUT2D eigenvalue weighted by Gasteiger charge is 2.16. The second kappa shape index (κ2) is 8.83. The standard InChI is InChI=1S/C23H22N4O5S/c1-14(11-15-3-2-4-18(28)12-15)24-22(29)16-5-7-17(8-6-16)27-33(31,32)19-9-10-20-21(13-19)26-23(30)25-20/h2-10,12-14,27-28H,11H2,1H3,(H,24,29)(H2,25,26,30). The normalized spacial score (nSPS) is 12.4. The fraction of sp³-hybridized carbons (Fsp3) is 0.130. The lowest BCUT2D eigenvalue weighted by atomic mass is 10.1. The van der Waals surface area contributed by atoms with Crippen molar-refractivity contribution in [3.05, 3.63) is 88.3 Å². The number of imidazole rings is 1. The molecule has 3 aromatic carbocycles. The van der Waals surface area contributed by atoms with Crippen LogP contribution < -0.4 is 15.7 Å². The highest BCUT2D eigenvalue weighted by atomic mass is 32.2. The van der Waals surface area contributed by atoms with Crippen molar-refractivity contribution in [3.8, 4) is 5.75 Å². The van der Waals surface area contributed by atoms with Gasteiger partial charge in [-0.05, 0) is 73.5 Å². The molecule has 0 fully saturated rings. The molecule has 0 saturated carbocycles. The molecule has 33 heavy (non-hydrogen) atoms. The molecule has 1 atom stereocenters. The van der Waals surface area contributed by atoms with Crippen molar-refractivity contribution in [1.29, 1.82) is 0 Å². The number of phenols is 1. The summed E-state index contributed by atoms with van der Waals surface area (Å²) in [6.45, 7) is 1.86. The maximum absolute atomic E-state index is 12.7. The van der Waals surface area contributed by atoms with Crippen LogP contribution in [0.1, 0.15) is 22.8 Å². The fourth-order valence-electron chi connectivity index (χ4n) is 3.48. The topological polar surface area (TPSA) is 144 Å². The van der Waals surface area contributed by atoms with Crippen LogP contribution in [0.15, 0.2) is 76.4 Å². The number of hydrogen-bond acceptors (Lipinski definition) is 5. The number of phenolic OH excluding ortho intramolecular Hbond substituents is 1. The van der Waals surface area contributed by atoms with Crippen LogP contribution in [0.3, 0.4) is 0 Å². The van der Waals surface area contributed by atoms with Gasteiger partial charge < -0.3 is 20.4 Å². The number of H-pyrrole nitrogens is 2. The summed E-state index contributed by atoms with van der Waals surface area (Å²) in [5.41, 5.74) is 2.04. The maximum atomic E-state index is 12.7. The molecule has 0 aliphatic rings. The molecule has 9 nitrogen and oxygen atoms in total. The van der Waals surface area contributed by atoms with Crippen molar-refractivity contribution in [2.45, 2.75) is 24.3 Å².